The maximum absolute atomic E-state index is 13.2. The SMILES string of the molecule is Cc1cc(F)ccc1S(=O)(=O)NC(C)c1ccc2c(c1)CCCC2. The number of hydrogen-bond acceptors (Lipinski definition) is 2. The van der Waals surface area contributed by atoms with Gasteiger partial charge in [-0.05, 0) is 80.0 Å². The van der Waals surface area contributed by atoms with Crippen molar-refractivity contribution in [3.8, 4) is 0 Å². The molecule has 0 aromatic heterocycles. The van der Waals surface area contributed by atoms with Crippen LogP contribution in [-0.2, 0) is 22.9 Å². The molecule has 1 N–H and O–H groups in total. The maximum atomic E-state index is 13.2. The third kappa shape index (κ3) is 3.52. The van der Waals surface area contributed by atoms with Gasteiger partial charge in [0.1, 0.15) is 5.82 Å². The number of aryl methyl sites for hydroxylation is 3. The minimum Gasteiger partial charge on any atom is -0.207 e. The van der Waals surface area contributed by atoms with E-state index in [9.17, 15) is 12.8 Å². The first-order chi connectivity index (χ1) is 11.4. The van der Waals surface area contributed by atoms with Gasteiger partial charge in [-0.15, -0.1) is 0 Å². The molecular weight excluding hydrogens is 325 g/mol. The zero-order valence-electron chi connectivity index (χ0n) is 14.0. The van der Waals surface area contributed by atoms with Crippen LogP contribution in [0.3, 0.4) is 0 Å². The lowest BCUT2D eigenvalue weighted by molar-refractivity contribution is 0.565. The molecule has 0 fully saturated rings. The smallest absolute Gasteiger partial charge is 0.207 e. The second-order valence-electron chi connectivity index (χ2n) is 6.49. The summed E-state index contributed by atoms with van der Waals surface area (Å²) >= 11 is 0. The summed E-state index contributed by atoms with van der Waals surface area (Å²) in [5, 5.41) is 0. The summed E-state index contributed by atoms with van der Waals surface area (Å²) in [6.45, 7) is 3.43. The molecule has 1 unspecified atom stereocenters. The van der Waals surface area contributed by atoms with Gasteiger partial charge in [-0.25, -0.2) is 17.5 Å². The molecule has 0 saturated heterocycles. The Balaban J connectivity index is 1.84. The highest BCUT2D eigenvalue weighted by atomic mass is 32.2. The van der Waals surface area contributed by atoms with Crippen molar-refractivity contribution < 1.29 is 12.8 Å². The minimum absolute atomic E-state index is 0.119. The van der Waals surface area contributed by atoms with Gasteiger partial charge in [0.25, 0.3) is 0 Å². The fourth-order valence-corrected chi connectivity index (χ4v) is 4.76. The number of benzene rings is 2. The molecule has 0 radical (unpaired) electrons. The average molecular weight is 347 g/mol. The zero-order chi connectivity index (χ0) is 17.3. The molecule has 128 valence electrons. The number of halogens is 1. The van der Waals surface area contributed by atoms with E-state index in [0.717, 1.165) is 18.4 Å². The number of rotatable bonds is 4. The van der Waals surface area contributed by atoms with Gasteiger partial charge < -0.3 is 0 Å². The van der Waals surface area contributed by atoms with Crippen molar-refractivity contribution in [1.82, 2.24) is 4.72 Å². The molecule has 0 heterocycles. The molecule has 0 aliphatic heterocycles. The van der Waals surface area contributed by atoms with Crippen molar-refractivity contribution in [2.75, 3.05) is 0 Å². The molecule has 0 amide bonds. The monoisotopic (exact) mass is 347 g/mol. The van der Waals surface area contributed by atoms with Crippen LogP contribution in [0.25, 0.3) is 0 Å². The van der Waals surface area contributed by atoms with Crippen molar-refractivity contribution >= 4 is 10.0 Å². The highest BCUT2D eigenvalue weighted by Crippen LogP contribution is 2.26. The van der Waals surface area contributed by atoms with Crippen LogP contribution in [0.2, 0.25) is 0 Å². The lowest BCUT2D eigenvalue weighted by Gasteiger charge is -2.20. The molecule has 0 spiro atoms. The Morgan fingerprint density at radius 2 is 1.75 bits per heavy atom. The largest absolute Gasteiger partial charge is 0.241 e. The van der Waals surface area contributed by atoms with Crippen LogP contribution in [-0.4, -0.2) is 8.42 Å². The van der Waals surface area contributed by atoms with E-state index in [2.05, 4.69) is 16.9 Å². The van der Waals surface area contributed by atoms with Gasteiger partial charge in [-0.1, -0.05) is 18.2 Å². The quantitative estimate of drug-likeness (QED) is 0.907. The predicted molar refractivity (Wildman–Crippen MR) is 93.0 cm³/mol. The maximum Gasteiger partial charge on any atom is 0.241 e. The van der Waals surface area contributed by atoms with Gasteiger partial charge in [0.15, 0.2) is 0 Å². The lowest BCUT2D eigenvalue weighted by Crippen LogP contribution is -2.27. The average Bonchev–Trinajstić information content (AvgIpc) is 2.53. The van der Waals surface area contributed by atoms with Crippen molar-refractivity contribution in [2.45, 2.75) is 50.5 Å². The minimum atomic E-state index is -3.69. The van der Waals surface area contributed by atoms with E-state index in [1.807, 2.05) is 13.0 Å². The molecule has 1 aliphatic carbocycles. The summed E-state index contributed by atoms with van der Waals surface area (Å²) in [6, 6.07) is 9.59. The number of hydrogen-bond donors (Lipinski definition) is 1. The van der Waals surface area contributed by atoms with E-state index in [1.54, 1.807) is 6.92 Å². The molecule has 5 heteroatoms. The molecule has 0 bridgehead atoms. The van der Waals surface area contributed by atoms with Gasteiger partial charge >= 0.3 is 0 Å². The zero-order valence-corrected chi connectivity index (χ0v) is 14.8. The first-order valence-corrected chi connectivity index (χ1v) is 9.75. The van der Waals surface area contributed by atoms with Crippen LogP contribution in [0.1, 0.15) is 48.1 Å². The molecule has 3 rings (SSSR count). The number of nitrogens with one attached hydrogen (secondary N) is 1. The van der Waals surface area contributed by atoms with Gasteiger partial charge in [-0.3, -0.25) is 0 Å². The summed E-state index contributed by atoms with van der Waals surface area (Å²) < 4.78 is 41.1. The summed E-state index contributed by atoms with van der Waals surface area (Å²) in [6.07, 6.45) is 4.56. The first-order valence-electron chi connectivity index (χ1n) is 8.27. The van der Waals surface area contributed by atoms with Gasteiger partial charge in [0.05, 0.1) is 4.90 Å². The summed E-state index contributed by atoms with van der Waals surface area (Å²) in [5.41, 5.74) is 4.05. The molecule has 3 nitrogen and oxygen atoms in total. The number of fused-ring (bicyclic) bond motifs is 1. The molecule has 24 heavy (non-hydrogen) atoms. The van der Waals surface area contributed by atoms with Crippen LogP contribution >= 0.6 is 0 Å². The molecule has 2 aromatic carbocycles. The van der Waals surface area contributed by atoms with Crippen LogP contribution in [0, 0.1) is 12.7 Å². The molecule has 2 aromatic rings. The topological polar surface area (TPSA) is 46.2 Å². The Labute approximate surface area is 143 Å². The predicted octanol–water partition coefficient (Wildman–Crippen LogP) is 4.05. The second kappa shape index (κ2) is 6.65. The van der Waals surface area contributed by atoms with E-state index in [1.165, 1.54) is 42.2 Å². The van der Waals surface area contributed by atoms with Crippen LogP contribution < -0.4 is 4.72 Å². The van der Waals surface area contributed by atoms with E-state index < -0.39 is 15.8 Å². The third-order valence-electron chi connectivity index (χ3n) is 4.63. The third-order valence-corrected chi connectivity index (χ3v) is 6.33. The van der Waals surface area contributed by atoms with Crippen LogP contribution in [0.5, 0.6) is 0 Å². The van der Waals surface area contributed by atoms with E-state index in [0.29, 0.717) is 5.56 Å². The van der Waals surface area contributed by atoms with E-state index in [4.69, 9.17) is 0 Å². The van der Waals surface area contributed by atoms with E-state index >= 15 is 0 Å². The Kier molecular flexibility index (Phi) is 4.74. The molecule has 0 saturated carbocycles. The molecule has 1 aliphatic rings. The van der Waals surface area contributed by atoms with Crippen molar-refractivity contribution in [2.24, 2.45) is 0 Å². The Hall–Kier alpha value is -1.72. The Morgan fingerprint density at radius 3 is 2.46 bits per heavy atom. The van der Waals surface area contributed by atoms with Crippen LogP contribution in [0.4, 0.5) is 4.39 Å². The standard InChI is InChI=1S/C19H22FNO2S/c1-13-11-18(20)9-10-19(13)24(22,23)21-14(2)16-8-7-15-5-3-4-6-17(15)12-16/h7-12,14,21H,3-6H2,1-2H3. The number of sulfonamides is 1. The van der Waals surface area contributed by atoms with Crippen LogP contribution in [0.15, 0.2) is 41.3 Å². The van der Waals surface area contributed by atoms with E-state index in [-0.39, 0.29) is 10.9 Å². The van der Waals surface area contributed by atoms with Crippen molar-refractivity contribution in [3.63, 3.8) is 0 Å². The lowest BCUT2D eigenvalue weighted by atomic mass is 9.89. The van der Waals surface area contributed by atoms with Gasteiger partial charge in [0, 0.05) is 6.04 Å². The molecule has 1 atom stereocenters. The highest BCUT2D eigenvalue weighted by molar-refractivity contribution is 7.89. The molecular formula is C19H22FNO2S. The Bertz CT molecular complexity index is 862. The first kappa shape index (κ1) is 17.1. The van der Waals surface area contributed by atoms with Crippen molar-refractivity contribution in [1.29, 1.82) is 0 Å². The second-order valence-corrected chi connectivity index (χ2v) is 8.17. The summed E-state index contributed by atoms with van der Waals surface area (Å²) in [7, 11) is -3.69. The summed E-state index contributed by atoms with van der Waals surface area (Å²) in [5.74, 6) is -0.436. The van der Waals surface area contributed by atoms with Gasteiger partial charge in [-0.2, -0.15) is 0 Å². The fourth-order valence-electron chi connectivity index (χ4n) is 3.30. The van der Waals surface area contributed by atoms with Gasteiger partial charge in [0.2, 0.25) is 10.0 Å². The fraction of sp³-hybridized carbons (Fsp3) is 0.368. The Morgan fingerprint density at radius 1 is 1.04 bits per heavy atom. The normalized spacial score (nSPS) is 15.8. The highest BCUT2D eigenvalue weighted by Gasteiger charge is 2.21. The van der Waals surface area contributed by atoms with Crippen molar-refractivity contribution in [3.05, 3.63) is 64.5 Å². The summed E-state index contributed by atoms with van der Waals surface area (Å²) in [4.78, 5) is 0.119.